The lowest BCUT2D eigenvalue weighted by molar-refractivity contribution is -0.386. The van der Waals surface area contributed by atoms with Crippen LogP contribution in [0.3, 0.4) is 0 Å². The summed E-state index contributed by atoms with van der Waals surface area (Å²) < 4.78 is 24.1. The number of hydrogen-bond donors (Lipinski definition) is 0. The smallest absolute Gasteiger partial charge is 0.298 e. The zero-order chi connectivity index (χ0) is 11.6. The molecular weight excluding hydrogens is 278 g/mol. The lowest BCUT2D eigenvalue weighted by Gasteiger charge is -2.02. The van der Waals surface area contributed by atoms with Crippen molar-refractivity contribution in [1.82, 2.24) is 4.98 Å². The Balaban J connectivity index is 3.44. The molecule has 80 valence electrons. The van der Waals surface area contributed by atoms with Gasteiger partial charge >= 0.3 is 5.69 Å². The monoisotopic (exact) mass is 280 g/mol. The van der Waals surface area contributed by atoms with Gasteiger partial charge < -0.3 is 0 Å². The third-order valence-electron chi connectivity index (χ3n) is 1.53. The van der Waals surface area contributed by atoms with Gasteiger partial charge in [0.05, 0.1) is 10.5 Å². The molecule has 1 rings (SSSR count). The van der Waals surface area contributed by atoms with Crippen molar-refractivity contribution in [1.29, 1.82) is 0 Å². The Morgan fingerprint density at radius 1 is 1.60 bits per heavy atom. The molecule has 1 aromatic rings. The van der Waals surface area contributed by atoms with Crippen molar-refractivity contribution in [3.8, 4) is 0 Å². The molecule has 0 spiro atoms. The van der Waals surface area contributed by atoms with Crippen molar-refractivity contribution >= 4 is 27.9 Å². The fourth-order valence-electron chi connectivity index (χ4n) is 0.928. The summed E-state index contributed by atoms with van der Waals surface area (Å²) >= 11 is 2.66. The highest BCUT2D eigenvalue weighted by molar-refractivity contribution is 9.10. The number of carbonyl (C=O) groups is 1. The van der Waals surface area contributed by atoms with Gasteiger partial charge in [0.15, 0.2) is 10.9 Å². The van der Waals surface area contributed by atoms with Gasteiger partial charge in [0.1, 0.15) is 5.69 Å². The van der Waals surface area contributed by atoms with Gasteiger partial charge in [0, 0.05) is 0 Å². The molecule has 0 radical (unpaired) electrons. The number of hydrogen-bond acceptors (Lipinski definition) is 4. The lowest BCUT2D eigenvalue weighted by atomic mass is 10.2. The minimum absolute atomic E-state index is 0.135. The minimum Gasteiger partial charge on any atom is -0.298 e. The summed E-state index contributed by atoms with van der Waals surface area (Å²) in [4.78, 5) is 23.3. The van der Waals surface area contributed by atoms with Crippen LogP contribution in [0.15, 0.2) is 10.7 Å². The van der Waals surface area contributed by atoms with E-state index in [1.807, 2.05) is 0 Å². The highest BCUT2D eigenvalue weighted by Crippen LogP contribution is 2.29. The lowest BCUT2D eigenvalue weighted by Crippen LogP contribution is -2.01. The molecule has 1 heterocycles. The maximum absolute atomic E-state index is 12.2. The van der Waals surface area contributed by atoms with E-state index in [0.29, 0.717) is 6.07 Å². The van der Waals surface area contributed by atoms with E-state index in [4.69, 9.17) is 0 Å². The van der Waals surface area contributed by atoms with Gasteiger partial charge in [-0.25, -0.2) is 13.8 Å². The number of pyridine rings is 1. The molecule has 0 fully saturated rings. The van der Waals surface area contributed by atoms with Crippen LogP contribution >= 0.6 is 15.9 Å². The van der Waals surface area contributed by atoms with Gasteiger partial charge in [-0.1, -0.05) is 0 Å². The highest BCUT2D eigenvalue weighted by atomic mass is 79.9. The zero-order valence-electron chi connectivity index (χ0n) is 6.99. The van der Waals surface area contributed by atoms with Crippen LogP contribution in [0.25, 0.3) is 0 Å². The first-order valence-corrected chi connectivity index (χ1v) is 4.34. The first-order valence-electron chi connectivity index (χ1n) is 3.55. The summed E-state index contributed by atoms with van der Waals surface area (Å²) in [5, 5.41) is 10.5. The molecule has 0 aromatic carbocycles. The van der Waals surface area contributed by atoms with E-state index in [-0.39, 0.29) is 10.9 Å². The van der Waals surface area contributed by atoms with Gasteiger partial charge in [0.25, 0.3) is 6.43 Å². The van der Waals surface area contributed by atoms with Crippen LogP contribution in [0.4, 0.5) is 14.5 Å². The molecule has 15 heavy (non-hydrogen) atoms. The Morgan fingerprint density at radius 3 is 2.60 bits per heavy atom. The summed E-state index contributed by atoms with van der Waals surface area (Å²) in [6.07, 6.45) is -2.75. The Hall–Kier alpha value is -1.44. The third kappa shape index (κ3) is 2.32. The molecule has 0 aliphatic rings. The predicted molar refractivity (Wildman–Crippen MR) is 48.9 cm³/mol. The molecule has 0 bridgehead atoms. The van der Waals surface area contributed by atoms with E-state index >= 15 is 0 Å². The molecule has 0 unspecified atom stereocenters. The number of rotatable bonds is 3. The molecule has 0 aliphatic carbocycles. The zero-order valence-corrected chi connectivity index (χ0v) is 8.57. The highest BCUT2D eigenvalue weighted by Gasteiger charge is 2.23. The Bertz CT molecular complexity index is 425. The summed E-state index contributed by atoms with van der Waals surface area (Å²) in [5.74, 6) is 0. The second-order valence-electron chi connectivity index (χ2n) is 2.45. The van der Waals surface area contributed by atoms with E-state index in [2.05, 4.69) is 20.9 Å². The summed E-state index contributed by atoms with van der Waals surface area (Å²) in [5.41, 5.74) is -1.74. The van der Waals surface area contributed by atoms with E-state index in [1.54, 1.807) is 0 Å². The Morgan fingerprint density at radius 2 is 2.20 bits per heavy atom. The molecular formula is C7H3BrF2N2O3. The van der Waals surface area contributed by atoms with Crippen LogP contribution in [0.1, 0.15) is 22.5 Å². The van der Waals surface area contributed by atoms with Crippen molar-refractivity contribution in [3.63, 3.8) is 0 Å². The van der Waals surface area contributed by atoms with E-state index in [9.17, 15) is 23.7 Å². The van der Waals surface area contributed by atoms with Crippen molar-refractivity contribution in [3.05, 3.63) is 32.0 Å². The normalized spacial score (nSPS) is 10.4. The van der Waals surface area contributed by atoms with Gasteiger partial charge in [0.2, 0.25) is 0 Å². The quantitative estimate of drug-likeness (QED) is 0.369. The molecule has 0 aliphatic heterocycles. The summed E-state index contributed by atoms with van der Waals surface area (Å²) in [6.45, 7) is 0. The fraction of sp³-hybridized carbons (Fsp3) is 0.143. The fourth-order valence-corrected chi connectivity index (χ4v) is 1.51. The predicted octanol–water partition coefficient (Wildman–Crippen LogP) is 2.50. The summed E-state index contributed by atoms with van der Waals surface area (Å²) in [7, 11) is 0. The van der Waals surface area contributed by atoms with Gasteiger partial charge in [-0.05, 0) is 22.0 Å². The van der Waals surface area contributed by atoms with Crippen molar-refractivity contribution in [2.24, 2.45) is 0 Å². The average molecular weight is 281 g/mol. The first kappa shape index (κ1) is 11.6. The first-order chi connectivity index (χ1) is 6.97. The maximum atomic E-state index is 12.2. The Kier molecular flexibility index (Phi) is 3.40. The molecule has 0 saturated heterocycles. The molecule has 0 N–H and O–H groups in total. The van der Waals surface area contributed by atoms with Gasteiger partial charge in [-0.15, -0.1) is 0 Å². The van der Waals surface area contributed by atoms with Crippen LogP contribution in [-0.4, -0.2) is 16.2 Å². The third-order valence-corrected chi connectivity index (χ3v) is 2.09. The second-order valence-corrected chi connectivity index (χ2v) is 3.20. The number of nitrogens with zero attached hydrogens (tertiary/aromatic N) is 2. The van der Waals surface area contributed by atoms with E-state index in [1.165, 1.54) is 0 Å². The molecule has 0 amide bonds. The van der Waals surface area contributed by atoms with Gasteiger partial charge in [-0.3, -0.25) is 14.9 Å². The van der Waals surface area contributed by atoms with Crippen LogP contribution in [0.2, 0.25) is 0 Å². The van der Waals surface area contributed by atoms with E-state index in [0.717, 1.165) is 0 Å². The van der Waals surface area contributed by atoms with Crippen LogP contribution in [0.5, 0.6) is 0 Å². The van der Waals surface area contributed by atoms with Crippen LogP contribution in [0, 0.1) is 10.1 Å². The second kappa shape index (κ2) is 4.39. The SMILES string of the molecule is O=Cc1cc(C(F)F)nc(Br)c1[N+](=O)[O-]. The van der Waals surface area contributed by atoms with Gasteiger partial charge in [-0.2, -0.15) is 0 Å². The standard InChI is InChI=1S/C7H3BrF2N2O3/c8-6-5(12(14)15)3(2-13)1-4(11-6)7(9)10/h1-2,7H. The average Bonchev–Trinajstić information content (AvgIpc) is 2.15. The van der Waals surface area contributed by atoms with Crippen LogP contribution < -0.4 is 0 Å². The number of aldehydes is 1. The van der Waals surface area contributed by atoms with E-state index < -0.39 is 28.3 Å². The number of halogens is 3. The van der Waals surface area contributed by atoms with Crippen molar-refractivity contribution < 1.29 is 18.5 Å². The van der Waals surface area contributed by atoms with Crippen LogP contribution in [-0.2, 0) is 0 Å². The molecule has 1 aromatic heterocycles. The molecule has 0 atom stereocenters. The molecule has 8 heteroatoms. The topological polar surface area (TPSA) is 73.1 Å². The number of aromatic nitrogens is 1. The maximum Gasteiger partial charge on any atom is 0.312 e. The number of alkyl halides is 2. The number of nitro groups is 1. The van der Waals surface area contributed by atoms with Crippen molar-refractivity contribution in [2.45, 2.75) is 6.43 Å². The summed E-state index contributed by atoms with van der Waals surface area (Å²) in [6, 6.07) is 0.695. The molecule has 5 nitrogen and oxygen atoms in total. The largest absolute Gasteiger partial charge is 0.312 e. The number of carbonyl (C=O) groups excluding carboxylic acids is 1. The Labute approximate surface area is 90.4 Å². The molecule has 0 saturated carbocycles. The van der Waals surface area contributed by atoms with Crippen molar-refractivity contribution in [2.75, 3.05) is 0 Å². The minimum atomic E-state index is -2.89.